The lowest BCUT2D eigenvalue weighted by atomic mass is 10.3. The SMILES string of the molecule is CCc1ccc(-c2ccc(-c3ccc([Si](C)(C)C)s3)s2)s1. The van der Waals surface area contributed by atoms with E-state index in [-0.39, 0.29) is 0 Å². The zero-order chi connectivity index (χ0) is 15.0. The van der Waals surface area contributed by atoms with E-state index in [0.717, 1.165) is 6.42 Å². The first-order valence-corrected chi connectivity index (χ1v) is 13.2. The number of hydrogen-bond acceptors (Lipinski definition) is 3. The van der Waals surface area contributed by atoms with Gasteiger partial charge in [-0.15, -0.1) is 34.0 Å². The lowest BCUT2D eigenvalue weighted by molar-refractivity contribution is 1.19. The van der Waals surface area contributed by atoms with E-state index in [9.17, 15) is 0 Å². The molecule has 0 radical (unpaired) electrons. The molecule has 0 unspecified atom stereocenters. The van der Waals surface area contributed by atoms with Gasteiger partial charge in [-0.25, -0.2) is 0 Å². The van der Waals surface area contributed by atoms with Gasteiger partial charge in [0, 0.05) is 24.4 Å². The largest absolute Gasteiger partial charge is 0.144 e. The first kappa shape index (κ1) is 15.2. The highest BCUT2D eigenvalue weighted by atomic mass is 32.1. The van der Waals surface area contributed by atoms with Gasteiger partial charge in [0.1, 0.15) is 0 Å². The van der Waals surface area contributed by atoms with Crippen LogP contribution in [0.3, 0.4) is 0 Å². The van der Waals surface area contributed by atoms with E-state index < -0.39 is 8.07 Å². The van der Waals surface area contributed by atoms with Crippen LogP contribution in [0.5, 0.6) is 0 Å². The molecule has 0 bridgehead atoms. The third-order valence-electron chi connectivity index (χ3n) is 3.45. The molecule has 0 saturated heterocycles. The Morgan fingerprint density at radius 3 is 1.76 bits per heavy atom. The molecule has 0 spiro atoms. The number of thiophene rings is 3. The fraction of sp³-hybridized carbons (Fsp3) is 0.294. The molecular weight excluding hydrogens is 328 g/mol. The highest BCUT2D eigenvalue weighted by molar-refractivity contribution is 7.31. The third-order valence-corrected chi connectivity index (χ3v) is 10.8. The topological polar surface area (TPSA) is 0 Å². The smallest absolute Gasteiger partial charge is 0.0904 e. The van der Waals surface area contributed by atoms with Crippen LogP contribution in [0.1, 0.15) is 11.8 Å². The third kappa shape index (κ3) is 3.23. The molecule has 0 nitrogen and oxygen atoms in total. The highest BCUT2D eigenvalue weighted by Crippen LogP contribution is 2.39. The van der Waals surface area contributed by atoms with Crippen LogP contribution in [0, 0.1) is 0 Å². The summed E-state index contributed by atoms with van der Waals surface area (Å²) >= 11 is 5.83. The molecule has 3 heterocycles. The maximum absolute atomic E-state index is 2.42. The van der Waals surface area contributed by atoms with Crippen molar-refractivity contribution in [3.05, 3.63) is 41.3 Å². The Kier molecular flexibility index (Phi) is 4.23. The molecule has 0 N–H and O–H groups in total. The summed E-state index contributed by atoms with van der Waals surface area (Å²) in [5, 5.41) is 0. The Labute approximate surface area is 140 Å². The summed E-state index contributed by atoms with van der Waals surface area (Å²) in [5.41, 5.74) is 0. The summed E-state index contributed by atoms with van der Waals surface area (Å²) in [6, 6.07) is 13.7. The average Bonchev–Trinajstić information content (AvgIpc) is 3.16. The van der Waals surface area contributed by atoms with Crippen LogP contribution >= 0.6 is 34.0 Å². The molecule has 3 rings (SSSR count). The van der Waals surface area contributed by atoms with Gasteiger partial charge in [-0.1, -0.05) is 32.6 Å². The maximum atomic E-state index is 2.42. The van der Waals surface area contributed by atoms with E-state index in [1.807, 2.05) is 34.0 Å². The van der Waals surface area contributed by atoms with Crippen LogP contribution in [-0.4, -0.2) is 8.07 Å². The van der Waals surface area contributed by atoms with Gasteiger partial charge in [-0.2, -0.15) is 0 Å². The Morgan fingerprint density at radius 1 is 0.714 bits per heavy atom. The maximum Gasteiger partial charge on any atom is 0.0904 e. The first-order valence-electron chi connectivity index (χ1n) is 7.27. The molecule has 0 amide bonds. The van der Waals surface area contributed by atoms with Crippen LogP contribution < -0.4 is 4.50 Å². The van der Waals surface area contributed by atoms with E-state index in [1.165, 1.54) is 24.4 Å². The number of rotatable bonds is 4. The molecule has 21 heavy (non-hydrogen) atoms. The molecule has 4 heteroatoms. The standard InChI is InChI=1S/C17H20S3Si/c1-5-12-6-7-13(18-12)14-8-9-15(19-14)16-10-11-17(20-16)21(2,3)4/h6-11H,5H2,1-4H3. The van der Waals surface area contributed by atoms with Gasteiger partial charge in [0.25, 0.3) is 0 Å². The summed E-state index contributed by atoms with van der Waals surface area (Å²) in [5.74, 6) is 0. The molecule has 0 fully saturated rings. The fourth-order valence-electron chi connectivity index (χ4n) is 2.18. The Balaban J connectivity index is 1.89. The van der Waals surface area contributed by atoms with Crippen molar-refractivity contribution in [3.8, 4) is 19.5 Å². The molecular formula is C17H20S3Si. The normalized spacial score (nSPS) is 12.0. The van der Waals surface area contributed by atoms with Crippen LogP contribution in [0.2, 0.25) is 19.6 Å². The monoisotopic (exact) mass is 348 g/mol. The molecule has 0 aliphatic rings. The zero-order valence-corrected chi connectivity index (χ0v) is 16.3. The molecule has 0 aliphatic heterocycles. The van der Waals surface area contributed by atoms with Gasteiger partial charge in [0.05, 0.1) is 8.07 Å². The molecule has 110 valence electrons. The molecule has 0 saturated carbocycles. The lowest BCUT2D eigenvalue weighted by Gasteiger charge is -2.12. The molecule has 0 atom stereocenters. The second-order valence-electron chi connectivity index (χ2n) is 6.20. The minimum atomic E-state index is -1.18. The number of hydrogen-bond donors (Lipinski definition) is 0. The van der Waals surface area contributed by atoms with Gasteiger partial charge >= 0.3 is 0 Å². The first-order chi connectivity index (χ1) is 9.97. The molecule has 0 aliphatic carbocycles. The van der Waals surface area contributed by atoms with Crippen molar-refractivity contribution < 1.29 is 0 Å². The van der Waals surface area contributed by atoms with Crippen molar-refractivity contribution in [2.75, 3.05) is 0 Å². The minimum absolute atomic E-state index is 1.13. The second kappa shape index (κ2) is 5.84. The van der Waals surface area contributed by atoms with Gasteiger partial charge in [0.2, 0.25) is 0 Å². The van der Waals surface area contributed by atoms with E-state index >= 15 is 0 Å². The van der Waals surface area contributed by atoms with Crippen molar-refractivity contribution in [1.82, 2.24) is 0 Å². The van der Waals surface area contributed by atoms with Crippen molar-refractivity contribution in [2.24, 2.45) is 0 Å². The zero-order valence-electron chi connectivity index (χ0n) is 12.9. The predicted molar refractivity (Wildman–Crippen MR) is 103 cm³/mol. The fourth-order valence-corrected chi connectivity index (χ4v) is 7.21. The van der Waals surface area contributed by atoms with Gasteiger partial charge in [0.15, 0.2) is 0 Å². The van der Waals surface area contributed by atoms with Crippen LogP contribution in [-0.2, 0) is 6.42 Å². The highest BCUT2D eigenvalue weighted by Gasteiger charge is 2.19. The summed E-state index contributed by atoms with van der Waals surface area (Å²) < 4.78 is 1.59. The molecule has 3 aromatic rings. The van der Waals surface area contributed by atoms with Crippen molar-refractivity contribution in [2.45, 2.75) is 33.0 Å². The Bertz CT molecular complexity index is 740. The van der Waals surface area contributed by atoms with Gasteiger partial charge < -0.3 is 0 Å². The lowest BCUT2D eigenvalue weighted by Crippen LogP contribution is -2.34. The van der Waals surface area contributed by atoms with Gasteiger partial charge in [-0.05, 0) is 41.3 Å². The minimum Gasteiger partial charge on any atom is -0.144 e. The van der Waals surface area contributed by atoms with Gasteiger partial charge in [-0.3, -0.25) is 0 Å². The summed E-state index contributed by atoms with van der Waals surface area (Å²) in [6.07, 6.45) is 1.13. The summed E-state index contributed by atoms with van der Waals surface area (Å²) in [4.78, 5) is 7.11. The van der Waals surface area contributed by atoms with Crippen LogP contribution in [0.15, 0.2) is 36.4 Å². The predicted octanol–water partition coefficient (Wildman–Crippen LogP) is 6.31. The van der Waals surface area contributed by atoms with Crippen LogP contribution in [0.4, 0.5) is 0 Å². The van der Waals surface area contributed by atoms with Crippen molar-refractivity contribution >= 4 is 46.6 Å². The van der Waals surface area contributed by atoms with Crippen LogP contribution in [0.25, 0.3) is 19.5 Å². The van der Waals surface area contributed by atoms with E-state index in [1.54, 1.807) is 4.50 Å². The second-order valence-corrected chi connectivity index (χ2v) is 14.9. The van der Waals surface area contributed by atoms with E-state index in [4.69, 9.17) is 0 Å². The average molecular weight is 349 g/mol. The van der Waals surface area contributed by atoms with Crippen molar-refractivity contribution in [1.29, 1.82) is 0 Å². The Morgan fingerprint density at radius 2 is 1.24 bits per heavy atom. The molecule has 3 aromatic heterocycles. The van der Waals surface area contributed by atoms with E-state index in [2.05, 4.69) is 63.0 Å². The summed E-state index contributed by atoms with van der Waals surface area (Å²) in [6.45, 7) is 9.47. The Hall–Kier alpha value is -0.683. The summed E-state index contributed by atoms with van der Waals surface area (Å²) in [7, 11) is -1.18. The van der Waals surface area contributed by atoms with E-state index in [0.29, 0.717) is 0 Å². The van der Waals surface area contributed by atoms with Crippen molar-refractivity contribution in [3.63, 3.8) is 0 Å². The molecule has 0 aromatic carbocycles. The quantitative estimate of drug-likeness (QED) is 0.484. The number of aryl methyl sites for hydroxylation is 1.